The van der Waals surface area contributed by atoms with Crippen molar-refractivity contribution in [2.24, 2.45) is 11.3 Å². The minimum Gasteiger partial charge on any atom is -0.388 e. The molecule has 2 heteroatoms. The molecule has 1 nitrogen and oxygen atoms in total. The maximum absolute atomic E-state index is 13.1. The van der Waals surface area contributed by atoms with E-state index in [4.69, 9.17) is 0 Å². The van der Waals surface area contributed by atoms with E-state index in [0.717, 1.165) is 24.0 Å². The quantitative estimate of drug-likeness (QED) is 0.825. The molecule has 100 valence electrons. The lowest BCUT2D eigenvalue weighted by molar-refractivity contribution is 0.00350. The third-order valence-electron chi connectivity index (χ3n) is 4.52. The Bertz CT molecular complexity index is 425. The molecule has 1 aliphatic rings. The number of aliphatic hydroxyl groups excluding tert-OH is 1. The number of aryl methyl sites for hydroxylation is 1. The van der Waals surface area contributed by atoms with Gasteiger partial charge in [0, 0.05) is 0 Å². The van der Waals surface area contributed by atoms with Crippen molar-refractivity contribution in [3.63, 3.8) is 0 Å². The molecule has 1 N–H and O–H groups in total. The summed E-state index contributed by atoms with van der Waals surface area (Å²) in [5.41, 5.74) is 1.90. The average molecular weight is 250 g/mol. The van der Waals surface area contributed by atoms with Crippen LogP contribution in [0.1, 0.15) is 56.8 Å². The van der Waals surface area contributed by atoms with Gasteiger partial charge in [-0.2, -0.15) is 0 Å². The summed E-state index contributed by atoms with van der Waals surface area (Å²) in [7, 11) is 0. The minimum absolute atomic E-state index is 0.165. The highest BCUT2D eigenvalue weighted by Gasteiger charge is 2.37. The SMILES string of the molecule is Cc1cc(F)ccc1C(O)C1CCCCC1(C)C. The first-order valence-electron chi connectivity index (χ1n) is 6.86. The molecule has 2 atom stereocenters. The van der Waals surface area contributed by atoms with Crippen molar-refractivity contribution in [2.75, 3.05) is 0 Å². The van der Waals surface area contributed by atoms with Crippen molar-refractivity contribution in [1.82, 2.24) is 0 Å². The Labute approximate surface area is 109 Å². The van der Waals surface area contributed by atoms with E-state index in [1.54, 1.807) is 6.07 Å². The molecule has 1 aliphatic carbocycles. The van der Waals surface area contributed by atoms with Crippen molar-refractivity contribution in [3.05, 3.63) is 35.1 Å². The van der Waals surface area contributed by atoms with Gasteiger partial charge in [0.15, 0.2) is 0 Å². The minimum atomic E-state index is -0.471. The number of hydrogen-bond donors (Lipinski definition) is 1. The van der Waals surface area contributed by atoms with E-state index < -0.39 is 6.10 Å². The van der Waals surface area contributed by atoms with Gasteiger partial charge in [-0.15, -0.1) is 0 Å². The summed E-state index contributed by atoms with van der Waals surface area (Å²) in [5.74, 6) is 0.0433. The summed E-state index contributed by atoms with van der Waals surface area (Å²) >= 11 is 0. The highest BCUT2D eigenvalue weighted by molar-refractivity contribution is 5.29. The fourth-order valence-corrected chi connectivity index (χ4v) is 3.29. The molecule has 0 amide bonds. The standard InChI is InChI=1S/C16H23FO/c1-11-10-12(17)7-8-13(11)15(18)14-6-4-5-9-16(14,2)3/h7-8,10,14-15,18H,4-6,9H2,1-3H3. The lowest BCUT2D eigenvalue weighted by atomic mass is 9.65. The van der Waals surface area contributed by atoms with Crippen LogP contribution in [0.5, 0.6) is 0 Å². The number of hydrogen-bond acceptors (Lipinski definition) is 1. The summed E-state index contributed by atoms with van der Waals surface area (Å²) in [6, 6.07) is 4.69. The monoisotopic (exact) mass is 250 g/mol. The van der Waals surface area contributed by atoms with Crippen LogP contribution in [-0.4, -0.2) is 5.11 Å². The number of benzene rings is 1. The van der Waals surface area contributed by atoms with Gasteiger partial charge in [-0.1, -0.05) is 32.8 Å². The van der Waals surface area contributed by atoms with E-state index in [1.165, 1.54) is 25.0 Å². The summed E-state index contributed by atoms with van der Waals surface area (Å²) in [5, 5.41) is 10.6. The fraction of sp³-hybridized carbons (Fsp3) is 0.625. The van der Waals surface area contributed by atoms with Gasteiger partial charge in [0.1, 0.15) is 5.82 Å². The van der Waals surface area contributed by atoms with Gasteiger partial charge in [-0.3, -0.25) is 0 Å². The smallest absolute Gasteiger partial charge is 0.123 e. The van der Waals surface area contributed by atoms with E-state index in [9.17, 15) is 9.50 Å². The molecule has 1 aromatic carbocycles. The maximum Gasteiger partial charge on any atom is 0.123 e. The second kappa shape index (κ2) is 5.00. The van der Waals surface area contributed by atoms with Crippen molar-refractivity contribution >= 4 is 0 Å². The topological polar surface area (TPSA) is 20.2 Å². The Morgan fingerprint density at radius 2 is 2.06 bits per heavy atom. The third-order valence-corrected chi connectivity index (χ3v) is 4.52. The first kappa shape index (κ1) is 13.5. The van der Waals surface area contributed by atoms with Crippen molar-refractivity contribution < 1.29 is 9.50 Å². The summed E-state index contributed by atoms with van der Waals surface area (Å²) in [6.07, 6.45) is 4.19. The molecule has 1 fully saturated rings. The Kier molecular flexibility index (Phi) is 3.76. The van der Waals surface area contributed by atoms with Gasteiger partial charge in [0.2, 0.25) is 0 Å². The third kappa shape index (κ3) is 2.59. The molecular formula is C16H23FO. The molecule has 0 aromatic heterocycles. The van der Waals surface area contributed by atoms with E-state index in [-0.39, 0.29) is 17.2 Å². The molecule has 0 spiro atoms. The van der Waals surface area contributed by atoms with Gasteiger partial charge in [-0.25, -0.2) is 4.39 Å². The Balaban J connectivity index is 2.27. The molecule has 0 aliphatic heterocycles. The lowest BCUT2D eigenvalue weighted by Crippen LogP contribution is -2.32. The molecule has 1 aromatic rings. The molecule has 2 rings (SSSR count). The van der Waals surface area contributed by atoms with Crippen LogP contribution < -0.4 is 0 Å². The van der Waals surface area contributed by atoms with Crippen LogP contribution in [0, 0.1) is 24.1 Å². The lowest BCUT2D eigenvalue weighted by Gasteiger charge is -2.41. The van der Waals surface area contributed by atoms with Crippen molar-refractivity contribution in [2.45, 2.75) is 52.6 Å². The van der Waals surface area contributed by atoms with Crippen LogP contribution in [0.2, 0.25) is 0 Å². The Morgan fingerprint density at radius 3 is 2.67 bits per heavy atom. The molecular weight excluding hydrogens is 227 g/mol. The largest absolute Gasteiger partial charge is 0.388 e. The van der Waals surface area contributed by atoms with E-state index in [1.807, 2.05) is 6.92 Å². The molecule has 0 radical (unpaired) electrons. The van der Waals surface area contributed by atoms with E-state index in [2.05, 4.69) is 13.8 Å². The first-order chi connectivity index (χ1) is 8.42. The van der Waals surface area contributed by atoms with Crippen molar-refractivity contribution in [1.29, 1.82) is 0 Å². The second-order valence-corrected chi connectivity index (χ2v) is 6.29. The van der Waals surface area contributed by atoms with E-state index in [0.29, 0.717) is 0 Å². The van der Waals surface area contributed by atoms with Gasteiger partial charge in [-0.05, 0) is 54.4 Å². The van der Waals surface area contributed by atoms with Crippen molar-refractivity contribution in [3.8, 4) is 0 Å². The van der Waals surface area contributed by atoms with Crippen LogP contribution in [-0.2, 0) is 0 Å². The van der Waals surface area contributed by atoms with Gasteiger partial charge < -0.3 is 5.11 Å². The zero-order chi connectivity index (χ0) is 13.3. The summed E-state index contributed by atoms with van der Waals surface area (Å²) < 4.78 is 13.1. The zero-order valence-electron chi connectivity index (χ0n) is 11.5. The van der Waals surface area contributed by atoms with Gasteiger partial charge >= 0.3 is 0 Å². The molecule has 2 unspecified atom stereocenters. The molecule has 0 saturated heterocycles. The average Bonchev–Trinajstić information content (AvgIpc) is 2.27. The predicted octanol–water partition coefficient (Wildman–Crippen LogP) is 4.38. The Morgan fingerprint density at radius 1 is 1.33 bits per heavy atom. The normalized spacial score (nSPS) is 24.8. The van der Waals surface area contributed by atoms with Crippen LogP contribution >= 0.6 is 0 Å². The molecule has 0 heterocycles. The Hall–Kier alpha value is -0.890. The fourth-order valence-electron chi connectivity index (χ4n) is 3.29. The van der Waals surface area contributed by atoms with Gasteiger partial charge in [0.25, 0.3) is 0 Å². The van der Waals surface area contributed by atoms with Crippen LogP contribution in [0.15, 0.2) is 18.2 Å². The molecule has 0 bridgehead atoms. The number of halogens is 1. The number of aliphatic hydroxyl groups is 1. The first-order valence-corrected chi connectivity index (χ1v) is 6.86. The highest BCUT2D eigenvalue weighted by atomic mass is 19.1. The van der Waals surface area contributed by atoms with Crippen LogP contribution in [0.25, 0.3) is 0 Å². The summed E-state index contributed by atoms with van der Waals surface area (Å²) in [6.45, 7) is 6.34. The zero-order valence-corrected chi connectivity index (χ0v) is 11.5. The van der Waals surface area contributed by atoms with Gasteiger partial charge in [0.05, 0.1) is 6.10 Å². The number of rotatable bonds is 2. The molecule has 18 heavy (non-hydrogen) atoms. The predicted molar refractivity (Wildman–Crippen MR) is 71.8 cm³/mol. The van der Waals surface area contributed by atoms with E-state index >= 15 is 0 Å². The molecule has 1 saturated carbocycles. The van der Waals surface area contributed by atoms with Crippen LogP contribution in [0.4, 0.5) is 4.39 Å². The maximum atomic E-state index is 13.1. The second-order valence-electron chi connectivity index (χ2n) is 6.29. The van der Waals surface area contributed by atoms with Crippen LogP contribution in [0.3, 0.4) is 0 Å². The summed E-state index contributed by atoms with van der Waals surface area (Å²) in [4.78, 5) is 0. The highest BCUT2D eigenvalue weighted by Crippen LogP contribution is 2.47.